The molecule has 0 atom stereocenters. The molecule has 2 aromatic rings. The predicted molar refractivity (Wildman–Crippen MR) is 56.8 cm³/mol. The molecule has 0 aliphatic heterocycles. The molecule has 4 nitrogen and oxygen atoms in total. The van der Waals surface area contributed by atoms with Crippen molar-refractivity contribution in [1.29, 1.82) is 0 Å². The van der Waals surface area contributed by atoms with Crippen molar-refractivity contribution in [3.05, 3.63) is 36.4 Å². The maximum atomic E-state index is 12.1. The monoisotopic (exact) mass is 249 g/mol. The third-order valence-electron chi connectivity index (χ3n) is 1.83. The summed E-state index contributed by atoms with van der Waals surface area (Å²) < 4.78 is 29.9. The van der Waals surface area contributed by atoms with Crippen molar-refractivity contribution in [3.8, 4) is 0 Å². The highest BCUT2D eigenvalue weighted by atomic mass is 35.5. The maximum absolute atomic E-state index is 12.1. The molecule has 0 aliphatic rings. The van der Waals surface area contributed by atoms with Crippen LogP contribution < -0.4 is 5.32 Å². The first kappa shape index (κ1) is 12.5. The summed E-state index contributed by atoms with van der Waals surface area (Å²) in [6.45, 7) is -2.18. The number of halogens is 3. The second-order valence-electron chi connectivity index (χ2n) is 2.89. The number of anilines is 1. The lowest BCUT2D eigenvalue weighted by molar-refractivity contribution is 0.0569. The van der Waals surface area contributed by atoms with Gasteiger partial charge in [0, 0.05) is 12.3 Å². The smallest absolute Gasteiger partial charge is 0.333 e. The molecule has 0 aliphatic carbocycles. The zero-order valence-corrected chi connectivity index (χ0v) is 8.95. The molecule has 0 fully saturated rings. The minimum Gasteiger partial charge on any atom is -0.467 e. The van der Waals surface area contributed by atoms with Crippen LogP contribution in [0.15, 0.2) is 35.1 Å². The van der Waals surface area contributed by atoms with Crippen LogP contribution in [0, 0.1) is 0 Å². The number of alkyl halides is 2. The van der Waals surface area contributed by atoms with E-state index in [2.05, 4.69) is 10.4 Å². The Morgan fingerprint density at radius 2 is 2.25 bits per heavy atom. The van der Waals surface area contributed by atoms with Gasteiger partial charge in [-0.15, -0.1) is 12.4 Å². The molecule has 1 N–H and O–H groups in total. The van der Waals surface area contributed by atoms with Gasteiger partial charge in [-0.05, 0) is 12.1 Å². The zero-order chi connectivity index (χ0) is 10.7. The number of nitrogens with zero attached hydrogens (tertiary/aromatic N) is 2. The summed E-state index contributed by atoms with van der Waals surface area (Å²) in [6, 6.07) is 5.03. The highest BCUT2D eigenvalue weighted by Gasteiger charge is 2.07. The van der Waals surface area contributed by atoms with E-state index in [0.29, 0.717) is 17.0 Å². The number of hydrogen-bond donors (Lipinski definition) is 1. The van der Waals surface area contributed by atoms with Gasteiger partial charge in [-0.3, -0.25) is 0 Å². The minimum absolute atomic E-state index is 0. The summed E-state index contributed by atoms with van der Waals surface area (Å²) >= 11 is 0. The Hall–Kier alpha value is -1.56. The number of hydrogen-bond acceptors (Lipinski definition) is 3. The predicted octanol–water partition coefficient (Wildman–Crippen LogP) is 2.91. The van der Waals surface area contributed by atoms with E-state index in [9.17, 15) is 8.78 Å². The number of furan rings is 1. The number of rotatable bonds is 4. The summed E-state index contributed by atoms with van der Waals surface area (Å²) in [5, 5.41) is 6.49. The molecular weight excluding hydrogens is 240 g/mol. The Bertz CT molecular complexity index is 416. The quantitative estimate of drug-likeness (QED) is 0.906. The van der Waals surface area contributed by atoms with Gasteiger partial charge in [-0.25, -0.2) is 4.68 Å². The SMILES string of the molecule is Cl.FC(F)n1ccc(NCc2ccco2)n1. The lowest BCUT2D eigenvalue weighted by atomic mass is 10.4. The molecule has 0 radical (unpaired) electrons. The molecule has 2 heterocycles. The van der Waals surface area contributed by atoms with Crippen LogP contribution in [0.1, 0.15) is 12.3 Å². The largest absolute Gasteiger partial charge is 0.467 e. The number of aromatic nitrogens is 2. The van der Waals surface area contributed by atoms with Crippen LogP contribution in [0.2, 0.25) is 0 Å². The molecule has 0 bridgehead atoms. The molecule has 7 heteroatoms. The highest BCUT2D eigenvalue weighted by Crippen LogP contribution is 2.12. The fourth-order valence-corrected chi connectivity index (χ4v) is 1.13. The van der Waals surface area contributed by atoms with Gasteiger partial charge >= 0.3 is 6.55 Å². The average Bonchev–Trinajstić information content (AvgIpc) is 2.86. The van der Waals surface area contributed by atoms with Crippen molar-refractivity contribution in [2.75, 3.05) is 5.32 Å². The Balaban J connectivity index is 0.00000128. The first-order valence-electron chi connectivity index (χ1n) is 4.35. The van der Waals surface area contributed by atoms with E-state index >= 15 is 0 Å². The lowest BCUT2D eigenvalue weighted by Gasteiger charge is -2.00. The molecule has 0 spiro atoms. The van der Waals surface area contributed by atoms with E-state index in [1.165, 1.54) is 12.3 Å². The van der Waals surface area contributed by atoms with Gasteiger partial charge in [-0.2, -0.15) is 13.9 Å². The summed E-state index contributed by atoms with van der Waals surface area (Å²) in [5.74, 6) is 1.12. The van der Waals surface area contributed by atoms with Crippen LogP contribution in [-0.2, 0) is 6.54 Å². The van der Waals surface area contributed by atoms with Gasteiger partial charge in [0.15, 0.2) is 0 Å². The molecule has 0 saturated carbocycles. The first-order chi connectivity index (χ1) is 7.25. The average molecular weight is 250 g/mol. The normalized spacial score (nSPS) is 10.2. The molecular formula is C9H10ClF2N3O. The van der Waals surface area contributed by atoms with E-state index in [0.717, 1.165) is 5.76 Å². The van der Waals surface area contributed by atoms with Gasteiger partial charge in [0.2, 0.25) is 0 Å². The second kappa shape index (κ2) is 5.50. The minimum atomic E-state index is -2.61. The highest BCUT2D eigenvalue weighted by molar-refractivity contribution is 5.85. The van der Waals surface area contributed by atoms with Crippen LogP contribution >= 0.6 is 12.4 Å². The molecule has 2 rings (SSSR count). The summed E-state index contributed by atoms with van der Waals surface area (Å²) in [7, 11) is 0. The van der Waals surface area contributed by atoms with Crippen molar-refractivity contribution in [2.24, 2.45) is 0 Å². The van der Waals surface area contributed by atoms with E-state index in [-0.39, 0.29) is 12.4 Å². The molecule has 88 valence electrons. The standard InChI is InChI=1S/C9H9F2N3O.ClH/c10-9(11)14-4-3-8(13-14)12-6-7-2-1-5-15-7;/h1-5,9H,6H2,(H,12,13);1H. The van der Waals surface area contributed by atoms with Gasteiger partial charge < -0.3 is 9.73 Å². The van der Waals surface area contributed by atoms with Crippen molar-refractivity contribution in [3.63, 3.8) is 0 Å². The fraction of sp³-hybridized carbons (Fsp3) is 0.222. The topological polar surface area (TPSA) is 43.0 Å². The number of nitrogens with one attached hydrogen (secondary N) is 1. The Kier molecular flexibility index (Phi) is 4.30. The molecule has 16 heavy (non-hydrogen) atoms. The van der Waals surface area contributed by atoms with Gasteiger partial charge in [0.1, 0.15) is 11.6 Å². The van der Waals surface area contributed by atoms with Crippen molar-refractivity contribution < 1.29 is 13.2 Å². The zero-order valence-electron chi connectivity index (χ0n) is 8.14. The molecule has 0 amide bonds. The van der Waals surface area contributed by atoms with Crippen molar-refractivity contribution in [1.82, 2.24) is 9.78 Å². The van der Waals surface area contributed by atoms with Crippen molar-refractivity contribution >= 4 is 18.2 Å². The lowest BCUT2D eigenvalue weighted by Crippen LogP contribution is -2.02. The fourth-order valence-electron chi connectivity index (χ4n) is 1.13. The third kappa shape index (κ3) is 2.96. The van der Waals surface area contributed by atoms with Crippen LogP contribution in [0.3, 0.4) is 0 Å². The van der Waals surface area contributed by atoms with E-state index < -0.39 is 6.55 Å². The summed E-state index contributed by atoms with van der Waals surface area (Å²) in [6.07, 6.45) is 2.77. The van der Waals surface area contributed by atoms with Gasteiger partial charge in [-0.1, -0.05) is 0 Å². The molecule has 0 aromatic carbocycles. The second-order valence-corrected chi connectivity index (χ2v) is 2.89. The Morgan fingerprint density at radius 1 is 1.44 bits per heavy atom. The molecule has 2 aromatic heterocycles. The Labute approximate surface area is 96.7 Å². The van der Waals surface area contributed by atoms with Gasteiger partial charge in [0.25, 0.3) is 0 Å². The first-order valence-corrected chi connectivity index (χ1v) is 4.35. The molecule has 0 saturated heterocycles. The van der Waals surface area contributed by atoms with E-state index in [1.54, 1.807) is 18.4 Å². The molecule has 0 unspecified atom stereocenters. The Morgan fingerprint density at radius 3 is 2.81 bits per heavy atom. The van der Waals surface area contributed by atoms with E-state index in [1.807, 2.05) is 0 Å². The van der Waals surface area contributed by atoms with Crippen LogP contribution in [0.5, 0.6) is 0 Å². The third-order valence-corrected chi connectivity index (χ3v) is 1.83. The maximum Gasteiger partial charge on any atom is 0.333 e. The summed E-state index contributed by atoms with van der Waals surface area (Å²) in [5.41, 5.74) is 0. The summed E-state index contributed by atoms with van der Waals surface area (Å²) in [4.78, 5) is 0. The van der Waals surface area contributed by atoms with Crippen LogP contribution in [0.4, 0.5) is 14.6 Å². The van der Waals surface area contributed by atoms with Crippen LogP contribution in [0.25, 0.3) is 0 Å². The van der Waals surface area contributed by atoms with Gasteiger partial charge in [0.05, 0.1) is 12.8 Å². The van der Waals surface area contributed by atoms with Crippen LogP contribution in [-0.4, -0.2) is 9.78 Å². The van der Waals surface area contributed by atoms with E-state index in [4.69, 9.17) is 4.42 Å². The van der Waals surface area contributed by atoms with Crippen molar-refractivity contribution in [2.45, 2.75) is 13.1 Å².